The van der Waals surface area contributed by atoms with Crippen LogP contribution in [0.3, 0.4) is 0 Å². The van der Waals surface area contributed by atoms with E-state index in [1.807, 2.05) is 0 Å². The van der Waals surface area contributed by atoms with Crippen molar-refractivity contribution in [1.82, 2.24) is 9.97 Å². The summed E-state index contributed by atoms with van der Waals surface area (Å²) in [4.78, 5) is 8.06. The number of aromatic nitrogens is 2. The van der Waals surface area contributed by atoms with Gasteiger partial charge in [-0.05, 0) is 31.2 Å². The van der Waals surface area contributed by atoms with Crippen molar-refractivity contribution in [1.29, 1.82) is 0 Å². The van der Waals surface area contributed by atoms with Gasteiger partial charge in [0.15, 0.2) is 0 Å². The Morgan fingerprint density at radius 3 is 2.57 bits per heavy atom. The first-order valence-electron chi connectivity index (χ1n) is 7.78. The molecule has 1 fully saturated rings. The Labute approximate surface area is 131 Å². The second-order valence-corrected chi connectivity index (χ2v) is 6.68. The van der Waals surface area contributed by atoms with Crippen LogP contribution in [0.2, 0.25) is 0 Å². The fourth-order valence-electron chi connectivity index (χ4n) is 2.89. The Kier molecular flexibility index (Phi) is 3.94. The SMILES string of the molecule is Cc1c(-c2ccccc2C2CCC2)[nH]c(C(C)C)nc1=S. The predicted octanol–water partition coefficient (Wildman–Crippen LogP) is 5.51. The van der Waals surface area contributed by atoms with Crippen molar-refractivity contribution in [3.8, 4) is 11.3 Å². The molecule has 1 heterocycles. The molecule has 21 heavy (non-hydrogen) atoms. The van der Waals surface area contributed by atoms with E-state index >= 15 is 0 Å². The Balaban J connectivity index is 2.18. The lowest BCUT2D eigenvalue weighted by Gasteiger charge is -2.28. The Morgan fingerprint density at radius 2 is 1.95 bits per heavy atom. The van der Waals surface area contributed by atoms with E-state index in [4.69, 9.17) is 12.2 Å². The second-order valence-electron chi connectivity index (χ2n) is 6.30. The minimum absolute atomic E-state index is 0.349. The van der Waals surface area contributed by atoms with Gasteiger partial charge in [-0.3, -0.25) is 0 Å². The summed E-state index contributed by atoms with van der Waals surface area (Å²) in [6, 6.07) is 8.74. The van der Waals surface area contributed by atoms with E-state index in [9.17, 15) is 0 Å². The van der Waals surface area contributed by atoms with Gasteiger partial charge in [0.2, 0.25) is 0 Å². The minimum atomic E-state index is 0.349. The Morgan fingerprint density at radius 1 is 1.24 bits per heavy atom. The molecule has 1 aromatic carbocycles. The predicted molar refractivity (Wildman–Crippen MR) is 90.3 cm³/mol. The lowest BCUT2D eigenvalue weighted by Crippen LogP contribution is -2.11. The first-order chi connectivity index (χ1) is 10.1. The molecule has 1 aliphatic rings. The number of benzene rings is 1. The van der Waals surface area contributed by atoms with Gasteiger partial charge < -0.3 is 4.98 Å². The standard InChI is InChI=1S/C18H22N2S/c1-11(2)17-19-16(12(3)18(21)20-17)15-10-5-4-9-14(15)13-7-6-8-13/h4-5,9-11,13H,6-8H2,1-3H3,(H,19,20,21). The first-order valence-corrected chi connectivity index (χ1v) is 8.19. The highest BCUT2D eigenvalue weighted by Gasteiger charge is 2.23. The number of aromatic amines is 1. The summed E-state index contributed by atoms with van der Waals surface area (Å²) < 4.78 is 0.718. The average Bonchev–Trinajstić information content (AvgIpc) is 2.40. The third-order valence-corrected chi connectivity index (χ3v) is 4.89. The molecule has 1 aliphatic carbocycles. The molecule has 0 saturated heterocycles. The molecule has 0 spiro atoms. The molecule has 1 aromatic heterocycles. The normalized spacial score (nSPS) is 15.2. The second kappa shape index (κ2) is 5.72. The van der Waals surface area contributed by atoms with Gasteiger partial charge in [-0.15, -0.1) is 0 Å². The number of rotatable bonds is 3. The summed E-state index contributed by atoms with van der Waals surface area (Å²) in [5.41, 5.74) is 5.00. The van der Waals surface area contributed by atoms with Crippen molar-refractivity contribution in [3.63, 3.8) is 0 Å². The van der Waals surface area contributed by atoms with Gasteiger partial charge in [-0.1, -0.05) is 56.8 Å². The first kappa shape index (κ1) is 14.5. The average molecular weight is 298 g/mol. The molecule has 1 saturated carbocycles. The lowest BCUT2D eigenvalue weighted by molar-refractivity contribution is 0.420. The van der Waals surface area contributed by atoms with Gasteiger partial charge in [0.1, 0.15) is 10.5 Å². The van der Waals surface area contributed by atoms with Crippen molar-refractivity contribution in [2.45, 2.75) is 51.9 Å². The van der Waals surface area contributed by atoms with Gasteiger partial charge in [-0.25, -0.2) is 4.98 Å². The number of hydrogen-bond acceptors (Lipinski definition) is 2. The molecule has 0 amide bonds. The molecular formula is C18H22N2S. The van der Waals surface area contributed by atoms with Crippen molar-refractivity contribution in [2.75, 3.05) is 0 Å². The van der Waals surface area contributed by atoms with E-state index in [0.717, 1.165) is 21.7 Å². The molecule has 2 nitrogen and oxygen atoms in total. The zero-order chi connectivity index (χ0) is 15.0. The van der Waals surface area contributed by atoms with Crippen LogP contribution in [0.25, 0.3) is 11.3 Å². The van der Waals surface area contributed by atoms with Crippen LogP contribution in [-0.4, -0.2) is 9.97 Å². The van der Waals surface area contributed by atoms with E-state index in [1.54, 1.807) is 0 Å². The number of H-pyrrole nitrogens is 1. The van der Waals surface area contributed by atoms with Crippen LogP contribution in [0.5, 0.6) is 0 Å². The molecule has 2 aromatic rings. The minimum Gasteiger partial charge on any atom is -0.343 e. The molecule has 3 heteroatoms. The van der Waals surface area contributed by atoms with Crippen LogP contribution in [0.15, 0.2) is 24.3 Å². The molecule has 110 valence electrons. The van der Waals surface area contributed by atoms with Crippen LogP contribution in [0.4, 0.5) is 0 Å². The van der Waals surface area contributed by atoms with Crippen molar-refractivity contribution >= 4 is 12.2 Å². The summed E-state index contributed by atoms with van der Waals surface area (Å²) in [6.45, 7) is 6.36. The topological polar surface area (TPSA) is 28.7 Å². The zero-order valence-corrected chi connectivity index (χ0v) is 13.8. The van der Waals surface area contributed by atoms with Crippen LogP contribution < -0.4 is 0 Å². The third kappa shape index (κ3) is 2.67. The number of nitrogens with one attached hydrogen (secondary N) is 1. The maximum absolute atomic E-state index is 5.47. The lowest BCUT2D eigenvalue weighted by atomic mass is 9.77. The van der Waals surface area contributed by atoms with Crippen LogP contribution in [0, 0.1) is 11.6 Å². The third-order valence-electron chi connectivity index (χ3n) is 4.49. The summed E-state index contributed by atoms with van der Waals surface area (Å²) in [6.07, 6.45) is 3.96. The van der Waals surface area contributed by atoms with Crippen LogP contribution in [-0.2, 0) is 0 Å². The Bertz CT molecular complexity index is 711. The van der Waals surface area contributed by atoms with Crippen molar-refractivity contribution < 1.29 is 0 Å². The monoisotopic (exact) mass is 298 g/mol. The van der Waals surface area contributed by atoms with Gasteiger partial charge in [-0.2, -0.15) is 0 Å². The molecule has 0 radical (unpaired) electrons. The quantitative estimate of drug-likeness (QED) is 0.757. The molecule has 1 N–H and O–H groups in total. The molecular weight excluding hydrogens is 276 g/mol. The molecule has 0 atom stereocenters. The highest BCUT2D eigenvalue weighted by molar-refractivity contribution is 7.71. The smallest absolute Gasteiger partial charge is 0.133 e. The fraction of sp³-hybridized carbons (Fsp3) is 0.444. The van der Waals surface area contributed by atoms with E-state index < -0.39 is 0 Å². The largest absolute Gasteiger partial charge is 0.343 e. The summed E-state index contributed by atoms with van der Waals surface area (Å²) in [7, 11) is 0. The van der Waals surface area contributed by atoms with Crippen molar-refractivity contribution in [2.24, 2.45) is 0 Å². The molecule has 3 rings (SSSR count). The summed E-state index contributed by atoms with van der Waals surface area (Å²) in [5, 5.41) is 0. The fourth-order valence-corrected chi connectivity index (χ4v) is 3.09. The van der Waals surface area contributed by atoms with Gasteiger partial charge in [0, 0.05) is 17.0 Å². The molecule has 0 aliphatic heterocycles. The summed E-state index contributed by atoms with van der Waals surface area (Å²) >= 11 is 5.47. The van der Waals surface area contributed by atoms with E-state index in [0.29, 0.717) is 11.8 Å². The van der Waals surface area contributed by atoms with Gasteiger partial charge in [0.05, 0.1) is 5.69 Å². The van der Waals surface area contributed by atoms with Crippen LogP contribution in [0.1, 0.15) is 61.9 Å². The number of hydrogen-bond donors (Lipinski definition) is 1. The summed E-state index contributed by atoms with van der Waals surface area (Å²) in [5.74, 6) is 2.03. The van der Waals surface area contributed by atoms with Crippen LogP contribution >= 0.6 is 12.2 Å². The zero-order valence-electron chi connectivity index (χ0n) is 12.9. The van der Waals surface area contributed by atoms with Gasteiger partial charge >= 0.3 is 0 Å². The maximum Gasteiger partial charge on any atom is 0.133 e. The van der Waals surface area contributed by atoms with E-state index in [1.165, 1.54) is 30.4 Å². The van der Waals surface area contributed by atoms with Crippen molar-refractivity contribution in [3.05, 3.63) is 45.9 Å². The Hall–Kier alpha value is -1.48. The molecule has 0 unspecified atom stereocenters. The molecule has 0 bridgehead atoms. The number of nitrogens with zero attached hydrogens (tertiary/aromatic N) is 1. The van der Waals surface area contributed by atoms with E-state index in [2.05, 4.69) is 55.0 Å². The maximum atomic E-state index is 5.47. The highest BCUT2D eigenvalue weighted by atomic mass is 32.1. The van der Waals surface area contributed by atoms with Gasteiger partial charge in [0.25, 0.3) is 0 Å². The highest BCUT2D eigenvalue weighted by Crippen LogP contribution is 2.41. The van der Waals surface area contributed by atoms with E-state index in [-0.39, 0.29) is 0 Å².